The summed E-state index contributed by atoms with van der Waals surface area (Å²) < 4.78 is 38.2. The highest BCUT2D eigenvalue weighted by molar-refractivity contribution is 5.84. The quantitative estimate of drug-likeness (QED) is 0.474. The van der Waals surface area contributed by atoms with Crippen LogP contribution in [0.4, 0.5) is 19.7 Å². The van der Waals surface area contributed by atoms with Crippen LogP contribution in [-0.4, -0.2) is 59.5 Å². The highest BCUT2D eigenvalue weighted by atomic mass is 19.1. The van der Waals surface area contributed by atoms with Crippen molar-refractivity contribution in [3.63, 3.8) is 0 Å². The van der Waals surface area contributed by atoms with Crippen LogP contribution >= 0.6 is 0 Å². The Kier molecular flexibility index (Phi) is 10.0. The van der Waals surface area contributed by atoms with E-state index in [0.29, 0.717) is 5.56 Å². The number of halogens is 1. The number of nitrogens with one attached hydrogen (secondary N) is 2. The van der Waals surface area contributed by atoms with Gasteiger partial charge in [-0.3, -0.25) is 10.1 Å². The number of aromatic nitrogens is 1. The van der Waals surface area contributed by atoms with E-state index in [2.05, 4.69) is 10.6 Å². The van der Waals surface area contributed by atoms with E-state index in [0.717, 1.165) is 25.7 Å². The average Bonchev–Trinajstić information content (AvgIpc) is 3.15. The minimum atomic E-state index is -1.12. The van der Waals surface area contributed by atoms with Crippen LogP contribution in [0.1, 0.15) is 91.7 Å². The number of rotatable bonds is 7. The molecule has 2 fully saturated rings. The SMILES string of the molecule is COC1CCC(n2cc(COC3CC(F)C[C@H]3NC(=O)OC(C)(C)C)cc(NC(=O)OC(C)(C)C)c2=O)CC1. The maximum Gasteiger partial charge on any atom is 0.412 e. The second-order valence-corrected chi connectivity index (χ2v) is 12.4. The molecule has 1 heterocycles. The van der Waals surface area contributed by atoms with Gasteiger partial charge in [-0.05, 0) is 78.9 Å². The molecule has 0 aromatic carbocycles. The molecule has 0 aliphatic heterocycles. The maximum absolute atomic E-state index is 14.3. The predicted octanol–water partition coefficient (Wildman–Crippen LogP) is 5.24. The molecule has 10 nitrogen and oxygen atoms in total. The molecule has 2 saturated carbocycles. The van der Waals surface area contributed by atoms with Gasteiger partial charge in [0, 0.05) is 32.2 Å². The highest BCUT2D eigenvalue weighted by Gasteiger charge is 2.37. The Morgan fingerprint density at radius 2 is 1.62 bits per heavy atom. The summed E-state index contributed by atoms with van der Waals surface area (Å²) in [5, 5.41) is 5.32. The lowest BCUT2D eigenvalue weighted by molar-refractivity contribution is 0.0149. The van der Waals surface area contributed by atoms with E-state index < -0.39 is 41.7 Å². The van der Waals surface area contributed by atoms with Crippen molar-refractivity contribution < 1.29 is 32.9 Å². The van der Waals surface area contributed by atoms with Gasteiger partial charge in [0.05, 0.1) is 24.9 Å². The van der Waals surface area contributed by atoms with Crippen molar-refractivity contribution in [2.45, 2.75) is 128 Å². The Morgan fingerprint density at radius 1 is 1.00 bits per heavy atom. The molecule has 2 N–H and O–H groups in total. The van der Waals surface area contributed by atoms with Gasteiger partial charge in [0.2, 0.25) is 0 Å². The first kappa shape index (κ1) is 30.9. The van der Waals surface area contributed by atoms with E-state index in [1.807, 2.05) is 0 Å². The molecule has 11 heteroatoms. The molecule has 0 saturated heterocycles. The fourth-order valence-corrected chi connectivity index (χ4v) is 5.01. The van der Waals surface area contributed by atoms with Crippen LogP contribution in [0.5, 0.6) is 0 Å². The number of amides is 2. The van der Waals surface area contributed by atoms with Gasteiger partial charge in [0.1, 0.15) is 23.1 Å². The van der Waals surface area contributed by atoms with Crippen molar-refractivity contribution in [1.29, 1.82) is 0 Å². The van der Waals surface area contributed by atoms with E-state index in [1.165, 1.54) is 0 Å². The number of nitrogens with zero attached hydrogens (tertiary/aromatic N) is 1. The van der Waals surface area contributed by atoms with E-state index in [9.17, 15) is 18.8 Å². The van der Waals surface area contributed by atoms with Crippen LogP contribution in [0.15, 0.2) is 17.1 Å². The van der Waals surface area contributed by atoms with Crippen LogP contribution < -0.4 is 16.2 Å². The molecular weight excluding hydrogens is 509 g/mol. The second-order valence-electron chi connectivity index (χ2n) is 12.4. The van der Waals surface area contributed by atoms with Gasteiger partial charge >= 0.3 is 12.2 Å². The number of hydrogen-bond donors (Lipinski definition) is 2. The molecule has 0 bridgehead atoms. The zero-order chi connectivity index (χ0) is 29.0. The summed E-state index contributed by atoms with van der Waals surface area (Å²) in [6.45, 7) is 10.5. The summed E-state index contributed by atoms with van der Waals surface area (Å²) in [5.41, 5.74) is -1.03. The summed E-state index contributed by atoms with van der Waals surface area (Å²) in [5.74, 6) is 0. The number of pyridine rings is 1. The van der Waals surface area contributed by atoms with Gasteiger partial charge in [-0.25, -0.2) is 14.0 Å². The van der Waals surface area contributed by atoms with Crippen molar-refractivity contribution in [2.75, 3.05) is 12.4 Å². The molecule has 0 radical (unpaired) electrons. The van der Waals surface area contributed by atoms with Crippen LogP contribution in [0.3, 0.4) is 0 Å². The van der Waals surface area contributed by atoms with Gasteiger partial charge in [0.25, 0.3) is 5.56 Å². The fourth-order valence-electron chi connectivity index (χ4n) is 5.01. The second kappa shape index (κ2) is 12.7. The Hall–Kier alpha value is -2.66. The maximum atomic E-state index is 14.3. The zero-order valence-electron chi connectivity index (χ0n) is 24.2. The van der Waals surface area contributed by atoms with Crippen molar-refractivity contribution in [3.8, 4) is 0 Å². The number of carbonyl (C=O) groups is 2. The van der Waals surface area contributed by atoms with Crippen LogP contribution in [-0.2, 0) is 25.6 Å². The lowest BCUT2D eigenvalue weighted by Gasteiger charge is -2.30. The number of methoxy groups -OCH3 is 1. The molecule has 0 spiro atoms. The molecule has 220 valence electrons. The number of anilines is 1. The van der Waals surface area contributed by atoms with Crippen molar-refractivity contribution in [3.05, 3.63) is 28.2 Å². The van der Waals surface area contributed by atoms with Crippen LogP contribution in [0, 0.1) is 0 Å². The third-order valence-corrected chi connectivity index (χ3v) is 6.72. The molecule has 1 aromatic rings. The first-order valence-electron chi connectivity index (χ1n) is 13.7. The van der Waals surface area contributed by atoms with Crippen molar-refractivity contribution in [2.24, 2.45) is 0 Å². The molecule has 2 aliphatic carbocycles. The minimum absolute atomic E-state index is 0.0561. The molecule has 1 aromatic heterocycles. The number of hydrogen-bond acceptors (Lipinski definition) is 7. The topological polar surface area (TPSA) is 117 Å². The first-order valence-corrected chi connectivity index (χ1v) is 13.7. The molecule has 2 unspecified atom stereocenters. The first-order chi connectivity index (χ1) is 18.1. The summed E-state index contributed by atoms with van der Waals surface area (Å²) in [7, 11) is 1.69. The van der Waals surface area contributed by atoms with Crippen molar-refractivity contribution >= 4 is 17.9 Å². The standard InChI is InChI=1S/C28H44FN3O7/c1-27(2,3)38-25(34)30-21-13-18(29)14-23(21)37-16-17-12-22(31-26(35)39-28(4,5)6)24(33)32(15-17)19-8-10-20(36-7)11-9-19/h12,15,18-21,23H,8-11,13-14,16H2,1-7H3,(H,30,34)(H,31,35)/t18?,19?,20?,21-,23?/m1/s1. The number of alkyl carbamates (subject to hydrolysis) is 1. The summed E-state index contributed by atoms with van der Waals surface area (Å²) in [6, 6.07) is 0.942. The average molecular weight is 554 g/mol. The molecule has 3 atom stereocenters. The van der Waals surface area contributed by atoms with Gasteiger partial charge < -0.3 is 28.8 Å². The lowest BCUT2D eigenvalue weighted by Crippen LogP contribution is -2.43. The Bertz CT molecular complexity index is 1050. The lowest BCUT2D eigenvalue weighted by atomic mass is 9.92. The van der Waals surface area contributed by atoms with Gasteiger partial charge in [-0.15, -0.1) is 0 Å². The molecular formula is C28H44FN3O7. The minimum Gasteiger partial charge on any atom is -0.444 e. The molecule has 3 rings (SSSR count). The van der Waals surface area contributed by atoms with Gasteiger partial charge in [-0.2, -0.15) is 0 Å². The smallest absolute Gasteiger partial charge is 0.412 e. The predicted molar refractivity (Wildman–Crippen MR) is 145 cm³/mol. The number of ether oxygens (including phenoxy) is 4. The summed E-state index contributed by atoms with van der Waals surface area (Å²) in [4.78, 5) is 38.1. The molecule has 2 aliphatic rings. The molecule has 39 heavy (non-hydrogen) atoms. The number of alkyl halides is 1. The molecule has 2 amide bonds. The summed E-state index contributed by atoms with van der Waals surface area (Å²) >= 11 is 0. The fraction of sp³-hybridized carbons (Fsp3) is 0.750. The zero-order valence-corrected chi connectivity index (χ0v) is 24.2. The van der Waals surface area contributed by atoms with E-state index in [-0.39, 0.29) is 42.8 Å². The Balaban J connectivity index is 1.79. The van der Waals surface area contributed by atoms with Crippen molar-refractivity contribution in [1.82, 2.24) is 9.88 Å². The Labute approximate surface area is 229 Å². The van der Waals surface area contributed by atoms with Crippen LogP contribution in [0.25, 0.3) is 0 Å². The monoisotopic (exact) mass is 553 g/mol. The van der Waals surface area contributed by atoms with E-state index in [1.54, 1.807) is 65.5 Å². The summed E-state index contributed by atoms with van der Waals surface area (Å²) in [6.07, 6.45) is 2.24. The van der Waals surface area contributed by atoms with Gasteiger partial charge in [0.15, 0.2) is 0 Å². The highest BCUT2D eigenvalue weighted by Crippen LogP contribution is 2.30. The largest absolute Gasteiger partial charge is 0.444 e. The third kappa shape index (κ3) is 9.49. The van der Waals surface area contributed by atoms with E-state index >= 15 is 0 Å². The van der Waals surface area contributed by atoms with E-state index in [4.69, 9.17) is 18.9 Å². The third-order valence-electron chi connectivity index (χ3n) is 6.72. The van der Waals surface area contributed by atoms with Gasteiger partial charge in [-0.1, -0.05) is 0 Å². The Morgan fingerprint density at radius 3 is 2.21 bits per heavy atom. The normalized spacial score (nSPS) is 25.7. The number of carbonyl (C=O) groups excluding carboxylic acids is 2. The van der Waals surface area contributed by atoms with Crippen LogP contribution in [0.2, 0.25) is 0 Å².